The van der Waals surface area contributed by atoms with Crippen LogP contribution in [0.1, 0.15) is 12.5 Å². The molecule has 0 saturated heterocycles. The van der Waals surface area contributed by atoms with Gasteiger partial charge in [-0.1, -0.05) is 17.7 Å². The first-order valence-corrected chi connectivity index (χ1v) is 8.83. The number of benzene rings is 2. The second-order valence-corrected chi connectivity index (χ2v) is 6.82. The number of nitrogens with zero attached hydrogens (tertiary/aromatic N) is 3. The van der Waals surface area contributed by atoms with Crippen molar-refractivity contribution in [3.8, 4) is 11.6 Å². The quantitative estimate of drug-likeness (QED) is 0.661. The van der Waals surface area contributed by atoms with Crippen molar-refractivity contribution in [1.82, 2.24) is 9.55 Å². The van der Waals surface area contributed by atoms with E-state index in [9.17, 15) is 14.7 Å². The second-order valence-electron chi connectivity index (χ2n) is 6.38. The molecular formula is C20H19ClN4O3. The third kappa shape index (κ3) is 3.84. The van der Waals surface area contributed by atoms with Crippen LogP contribution in [0.5, 0.6) is 5.88 Å². The van der Waals surface area contributed by atoms with E-state index in [1.807, 2.05) is 37.2 Å². The highest BCUT2D eigenvalue weighted by Crippen LogP contribution is 2.23. The number of aliphatic imine (C=N–C) groups is 1. The average molecular weight is 399 g/mol. The Morgan fingerprint density at radius 1 is 1.14 bits per heavy atom. The molecule has 7 nitrogen and oxygen atoms in total. The predicted octanol–water partition coefficient (Wildman–Crippen LogP) is 3.09. The normalized spacial score (nSPS) is 11.5. The first-order valence-electron chi connectivity index (χ1n) is 8.45. The number of nitrogens with one attached hydrogen (secondary N) is 1. The first-order chi connectivity index (χ1) is 13.3. The van der Waals surface area contributed by atoms with Crippen molar-refractivity contribution in [3.63, 3.8) is 0 Å². The lowest BCUT2D eigenvalue weighted by Gasteiger charge is -2.13. The number of hydrogen-bond donors (Lipinski definition) is 2. The Labute approximate surface area is 166 Å². The van der Waals surface area contributed by atoms with Gasteiger partial charge in [-0.05, 0) is 49.4 Å². The van der Waals surface area contributed by atoms with Crippen LogP contribution in [0.4, 0.5) is 11.4 Å². The molecule has 0 aliphatic carbocycles. The maximum absolute atomic E-state index is 12.4. The van der Waals surface area contributed by atoms with Crippen molar-refractivity contribution in [3.05, 3.63) is 80.0 Å². The molecule has 0 spiro atoms. The molecule has 1 heterocycles. The third-order valence-corrected chi connectivity index (χ3v) is 4.43. The lowest BCUT2D eigenvalue weighted by Crippen LogP contribution is -2.32. The number of aromatic amines is 1. The highest BCUT2D eigenvalue weighted by Gasteiger charge is 2.18. The monoisotopic (exact) mass is 398 g/mol. The van der Waals surface area contributed by atoms with Gasteiger partial charge in [0.2, 0.25) is 5.88 Å². The fourth-order valence-electron chi connectivity index (χ4n) is 2.77. The Morgan fingerprint density at radius 2 is 1.82 bits per heavy atom. The zero-order valence-corrected chi connectivity index (χ0v) is 16.4. The number of hydrogen-bond acceptors (Lipinski definition) is 5. The van der Waals surface area contributed by atoms with Gasteiger partial charge in [0, 0.05) is 24.8 Å². The van der Waals surface area contributed by atoms with E-state index in [0.29, 0.717) is 16.4 Å². The molecule has 0 radical (unpaired) electrons. The summed E-state index contributed by atoms with van der Waals surface area (Å²) < 4.78 is 1.00. The third-order valence-electron chi connectivity index (χ3n) is 4.18. The van der Waals surface area contributed by atoms with Gasteiger partial charge in [0.15, 0.2) is 0 Å². The van der Waals surface area contributed by atoms with Crippen LogP contribution in [0.25, 0.3) is 5.69 Å². The van der Waals surface area contributed by atoms with E-state index >= 15 is 0 Å². The molecular weight excluding hydrogens is 380 g/mol. The fourth-order valence-corrected chi connectivity index (χ4v) is 2.90. The molecule has 2 aromatic carbocycles. The van der Waals surface area contributed by atoms with Gasteiger partial charge >= 0.3 is 5.69 Å². The molecule has 0 fully saturated rings. The SMILES string of the molecule is CC(=Nc1cccc(N(C)C)c1)c1c(O)n(-c2ccc(Cl)cc2)c(=O)[nH]c1=O. The van der Waals surface area contributed by atoms with Crippen LogP contribution >= 0.6 is 11.6 Å². The van der Waals surface area contributed by atoms with Crippen LogP contribution in [0, 0.1) is 0 Å². The van der Waals surface area contributed by atoms with Crippen molar-refractivity contribution in [2.24, 2.45) is 4.99 Å². The van der Waals surface area contributed by atoms with Crippen LogP contribution < -0.4 is 16.1 Å². The minimum atomic E-state index is -0.754. The molecule has 0 aliphatic heterocycles. The first kappa shape index (κ1) is 19.4. The fraction of sp³-hybridized carbons (Fsp3) is 0.150. The minimum Gasteiger partial charge on any atom is -0.493 e. The summed E-state index contributed by atoms with van der Waals surface area (Å²) in [6.45, 7) is 1.60. The van der Waals surface area contributed by atoms with Gasteiger partial charge in [-0.2, -0.15) is 0 Å². The summed E-state index contributed by atoms with van der Waals surface area (Å²) in [5.41, 5.74) is 0.660. The number of aromatic nitrogens is 2. The summed E-state index contributed by atoms with van der Waals surface area (Å²) in [5, 5.41) is 11.2. The predicted molar refractivity (Wildman–Crippen MR) is 112 cm³/mol. The second kappa shape index (κ2) is 7.74. The van der Waals surface area contributed by atoms with Crippen molar-refractivity contribution >= 4 is 28.7 Å². The molecule has 144 valence electrons. The van der Waals surface area contributed by atoms with Gasteiger partial charge in [-0.25, -0.2) is 9.36 Å². The Kier molecular flexibility index (Phi) is 5.37. The summed E-state index contributed by atoms with van der Waals surface area (Å²) in [4.78, 5) is 33.2. The van der Waals surface area contributed by atoms with E-state index in [-0.39, 0.29) is 11.3 Å². The van der Waals surface area contributed by atoms with Gasteiger partial charge in [-0.15, -0.1) is 0 Å². The molecule has 2 N–H and O–H groups in total. The van der Waals surface area contributed by atoms with Crippen molar-refractivity contribution in [1.29, 1.82) is 0 Å². The lowest BCUT2D eigenvalue weighted by atomic mass is 10.2. The van der Waals surface area contributed by atoms with Crippen LogP contribution in [-0.2, 0) is 0 Å². The van der Waals surface area contributed by atoms with Crippen molar-refractivity contribution in [2.75, 3.05) is 19.0 Å². The molecule has 0 aliphatic rings. The summed E-state index contributed by atoms with van der Waals surface area (Å²) in [6, 6.07) is 13.7. The van der Waals surface area contributed by atoms with Gasteiger partial charge in [0.05, 0.1) is 17.1 Å². The van der Waals surface area contributed by atoms with Crippen LogP contribution in [0.3, 0.4) is 0 Å². The number of H-pyrrole nitrogens is 1. The lowest BCUT2D eigenvalue weighted by molar-refractivity contribution is 0.430. The van der Waals surface area contributed by atoms with E-state index < -0.39 is 17.1 Å². The molecule has 0 atom stereocenters. The standard InChI is InChI=1S/C20H19ClN4O3/c1-12(22-14-5-4-6-16(11-14)24(2)3)17-18(26)23-20(28)25(19(17)27)15-9-7-13(21)8-10-15/h4-11,27H,1-3H3,(H,23,26,28). The number of rotatable bonds is 4. The van der Waals surface area contributed by atoms with E-state index in [4.69, 9.17) is 11.6 Å². The maximum atomic E-state index is 12.4. The Bertz CT molecular complexity index is 1160. The zero-order valence-electron chi connectivity index (χ0n) is 15.6. The summed E-state index contributed by atoms with van der Waals surface area (Å²) in [6.07, 6.45) is 0. The number of aromatic hydroxyl groups is 1. The van der Waals surface area contributed by atoms with E-state index in [1.165, 1.54) is 0 Å². The molecule has 28 heavy (non-hydrogen) atoms. The summed E-state index contributed by atoms with van der Waals surface area (Å²) in [5.74, 6) is -0.485. The van der Waals surface area contributed by atoms with Gasteiger partial charge < -0.3 is 10.0 Å². The van der Waals surface area contributed by atoms with E-state index in [1.54, 1.807) is 37.3 Å². The Balaban J connectivity index is 2.15. The van der Waals surface area contributed by atoms with Gasteiger partial charge in [0.1, 0.15) is 5.56 Å². The van der Waals surface area contributed by atoms with Gasteiger partial charge in [-0.3, -0.25) is 14.8 Å². The van der Waals surface area contributed by atoms with E-state index in [0.717, 1.165) is 10.3 Å². The highest BCUT2D eigenvalue weighted by atomic mass is 35.5. The molecule has 0 bridgehead atoms. The average Bonchev–Trinajstić information content (AvgIpc) is 2.63. The molecule has 0 unspecified atom stereocenters. The molecule has 3 aromatic rings. The Morgan fingerprint density at radius 3 is 2.46 bits per heavy atom. The molecule has 0 amide bonds. The molecule has 8 heteroatoms. The van der Waals surface area contributed by atoms with E-state index in [2.05, 4.69) is 9.98 Å². The van der Waals surface area contributed by atoms with Gasteiger partial charge in [0.25, 0.3) is 5.56 Å². The molecule has 3 rings (SSSR count). The molecule has 0 saturated carbocycles. The maximum Gasteiger partial charge on any atom is 0.335 e. The van der Waals surface area contributed by atoms with Crippen molar-refractivity contribution in [2.45, 2.75) is 6.92 Å². The smallest absolute Gasteiger partial charge is 0.335 e. The number of halogens is 1. The van der Waals surface area contributed by atoms with Crippen LogP contribution in [0.15, 0.2) is 63.1 Å². The molecule has 1 aromatic heterocycles. The highest BCUT2D eigenvalue weighted by molar-refractivity contribution is 6.30. The van der Waals surface area contributed by atoms with Crippen LogP contribution in [0.2, 0.25) is 5.02 Å². The minimum absolute atomic E-state index is 0.0789. The van der Waals surface area contributed by atoms with Crippen molar-refractivity contribution < 1.29 is 5.11 Å². The van der Waals surface area contributed by atoms with Crippen LogP contribution in [-0.4, -0.2) is 34.5 Å². The largest absolute Gasteiger partial charge is 0.493 e. The summed E-state index contributed by atoms with van der Waals surface area (Å²) >= 11 is 5.88. The summed E-state index contributed by atoms with van der Waals surface area (Å²) in [7, 11) is 3.82. The Hall–Kier alpha value is -3.32. The zero-order chi connectivity index (χ0) is 20.4. The number of anilines is 1. The topological polar surface area (TPSA) is 90.7 Å².